The third kappa shape index (κ3) is 9.69. The van der Waals surface area contributed by atoms with Crippen LogP contribution in [0, 0.1) is 0 Å². The maximum atomic E-state index is 12.9. The molecule has 31 heavy (non-hydrogen) atoms. The van der Waals surface area contributed by atoms with Crippen LogP contribution in [0.3, 0.4) is 0 Å². The Labute approximate surface area is 195 Å². The van der Waals surface area contributed by atoms with Gasteiger partial charge in [0, 0.05) is 11.1 Å². The fraction of sp³-hybridized carbons (Fsp3) is 0.900. The minimum absolute atomic E-state index is 0. The van der Waals surface area contributed by atoms with Crippen LogP contribution in [-0.4, -0.2) is 96.9 Å². The van der Waals surface area contributed by atoms with Gasteiger partial charge in [-0.2, -0.15) is 0 Å². The predicted molar refractivity (Wildman–Crippen MR) is 112 cm³/mol. The SMILES string of the molecule is CC1(C)C[N-]CC(C)(OCCO)C([O-])=NC(C)(C)C[N-]CC(C)(OCCO)C([O-])=N1.[Ni+2]. The summed E-state index contributed by atoms with van der Waals surface area (Å²) in [6.45, 7) is 10.0. The second-order valence-electron chi connectivity index (χ2n) is 9.14. The number of aliphatic hydroxyl groups excluding tert-OH is 2. The Morgan fingerprint density at radius 3 is 1.35 bits per heavy atom. The number of aliphatic hydroxyl groups is 2. The van der Waals surface area contributed by atoms with Crippen molar-refractivity contribution < 1.29 is 46.4 Å². The van der Waals surface area contributed by atoms with Crippen molar-refractivity contribution in [1.29, 1.82) is 0 Å². The van der Waals surface area contributed by atoms with Crippen molar-refractivity contribution in [3.63, 3.8) is 0 Å². The molecule has 0 aromatic heterocycles. The third-order valence-corrected chi connectivity index (χ3v) is 4.56. The van der Waals surface area contributed by atoms with E-state index in [1.807, 2.05) is 0 Å². The van der Waals surface area contributed by atoms with Gasteiger partial charge in [0.05, 0.1) is 37.6 Å². The fourth-order valence-electron chi connectivity index (χ4n) is 2.83. The van der Waals surface area contributed by atoms with Gasteiger partial charge in [-0.3, -0.25) is 9.98 Å². The molecule has 0 radical (unpaired) electrons. The molecule has 0 aliphatic carbocycles. The molecule has 0 aromatic rings. The molecule has 0 amide bonds. The fourth-order valence-corrected chi connectivity index (χ4v) is 2.83. The molecule has 0 aromatic carbocycles. The molecule has 10 nitrogen and oxygen atoms in total. The van der Waals surface area contributed by atoms with E-state index in [0.717, 1.165) is 0 Å². The second kappa shape index (κ2) is 12.4. The second-order valence-corrected chi connectivity index (χ2v) is 9.14. The normalized spacial score (nSPS) is 29.8. The Morgan fingerprint density at radius 1 is 0.742 bits per heavy atom. The van der Waals surface area contributed by atoms with E-state index in [1.54, 1.807) is 41.5 Å². The average molecular weight is 487 g/mol. The molecule has 2 atom stereocenters. The summed E-state index contributed by atoms with van der Waals surface area (Å²) in [4.78, 5) is 8.56. The Morgan fingerprint density at radius 2 is 1.06 bits per heavy atom. The van der Waals surface area contributed by atoms with Crippen LogP contribution in [0.4, 0.5) is 0 Å². The summed E-state index contributed by atoms with van der Waals surface area (Å²) >= 11 is 0. The number of hydrogen-bond donors (Lipinski definition) is 2. The Bertz CT molecular complexity index is 564. The Kier molecular flexibility index (Phi) is 12.1. The number of nitrogens with zero attached hydrogens (tertiary/aromatic N) is 4. The first-order valence-electron chi connectivity index (χ1n) is 10.1. The standard InChI is InChI=1S/C20H38N4O6.Ni/c1-17(2)11-21-13-20(6,30-10-8-26)16(28)24-18(3,4)12-22-14-19(5,15(27)23-17)29-9-7-25;/h25-26H,7-14H2,1-6H3,(H,23,27)(H,24,28);/q-2;+2/p-2. The van der Waals surface area contributed by atoms with Gasteiger partial charge >= 0.3 is 16.5 Å². The van der Waals surface area contributed by atoms with Crippen LogP contribution in [0.15, 0.2) is 9.98 Å². The maximum Gasteiger partial charge on any atom is 2.00 e. The Balaban J connectivity index is 0.00000900. The summed E-state index contributed by atoms with van der Waals surface area (Å²) < 4.78 is 11.2. The van der Waals surface area contributed by atoms with Crippen LogP contribution in [0.5, 0.6) is 0 Å². The molecule has 0 bridgehead atoms. The first-order chi connectivity index (χ1) is 13.8. The van der Waals surface area contributed by atoms with E-state index < -0.39 is 34.1 Å². The van der Waals surface area contributed by atoms with E-state index in [2.05, 4.69) is 20.6 Å². The molecule has 1 heterocycles. The van der Waals surface area contributed by atoms with Gasteiger partial charge in [-0.05, 0) is 53.3 Å². The van der Waals surface area contributed by atoms with E-state index >= 15 is 0 Å². The molecular formula is C20H36N4NiO6-2. The van der Waals surface area contributed by atoms with Crippen LogP contribution in [-0.2, 0) is 26.0 Å². The summed E-state index contributed by atoms with van der Waals surface area (Å²) in [5, 5.41) is 52.9. The van der Waals surface area contributed by atoms with Gasteiger partial charge in [-0.25, -0.2) is 0 Å². The smallest absolute Gasteiger partial charge is 0.860 e. The summed E-state index contributed by atoms with van der Waals surface area (Å²) in [7, 11) is 0. The third-order valence-electron chi connectivity index (χ3n) is 4.56. The van der Waals surface area contributed by atoms with Gasteiger partial charge < -0.3 is 40.5 Å². The predicted octanol–water partition coefficient (Wildman–Crippen LogP) is -0.645. The number of ether oxygens (including phenoxy) is 2. The van der Waals surface area contributed by atoms with Crippen molar-refractivity contribution in [2.45, 2.75) is 63.8 Å². The van der Waals surface area contributed by atoms with Crippen LogP contribution in [0.1, 0.15) is 41.5 Å². The van der Waals surface area contributed by atoms with Crippen molar-refractivity contribution in [2.24, 2.45) is 9.98 Å². The van der Waals surface area contributed by atoms with E-state index in [-0.39, 0.29) is 69.1 Å². The quantitative estimate of drug-likeness (QED) is 0.475. The van der Waals surface area contributed by atoms with Gasteiger partial charge in [0.15, 0.2) is 0 Å². The summed E-state index contributed by atoms with van der Waals surface area (Å²) in [6, 6.07) is 0. The first kappa shape index (κ1) is 30.2. The van der Waals surface area contributed by atoms with Crippen LogP contribution >= 0.6 is 0 Å². The molecule has 1 aliphatic heterocycles. The molecule has 0 fully saturated rings. The van der Waals surface area contributed by atoms with Gasteiger partial charge in [0.25, 0.3) is 0 Å². The molecule has 0 saturated heterocycles. The maximum absolute atomic E-state index is 12.9. The zero-order valence-corrected chi connectivity index (χ0v) is 20.3. The Hall–Kier alpha value is -0.806. The van der Waals surface area contributed by atoms with Crippen LogP contribution in [0.25, 0.3) is 10.6 Å². The van der Waals surface area contributed by atoms with Crippen molar-refractivity contribution in [3.05, 3.63) is 10.6 Å². The van der Waals surface area contributed by atoms with Crippen molar-refractivity contribution in [2.75, 3.05) is 52.6 Å². The van der Waals surface area contributed by atoms with Gasteiger partial charge in [0.1, 0.15) is 0 Å². The number of aliphatic imine (C=N–C) groups is 2. The summed E-state index contributed by atoms with van der Waals surface area (Å²) in [5.41, 5.74) is -4.35. The topological polar surface area (TPSA) is 158 Å². The van der Waals surface area contributed by atoms with Crippen molar-refractivity contribution in [3.8, 4) is 0 Å². The molecule has 1 aliphatic rings. The summed E-state index contributed by atoms with van der Waals surface area (Å²) in [5.74, 6) is -0.968. The van der Waals surface area contributed by atoms with Gasteiger partial charge in [-0.15, -0.1) is 26.2 Å². The van der Waals surface area contributed by atoms with E-state index in [9.17, 15) is 10.2 Å². The zero-order valence-electron chi connectivity index (χ0n) is 19.3. The van der Waals surface area contributed by atoms with Crippen LogP contribution in [0.2, 0.25) is 0 Å². The number of rotatable bonds is 6. The monoisotopic (exact) mass is 486 g/mol. The molecule has 2 N–H and O–H groups in total. The zero-order chi connectivity index (χ0) is 23.1. The van der Waals surface area contributed by atoms with Gasteiger partial charge in [-0.1, -0.05) is 0 Å². The first-order valence-corrected chi connectivity index (χ1v) is 10.1. The van der Waals surface area contributed by atoms with Crippen molar-refractivity contribution >= 4 is 11.8 Å². The minimum Gasteiger partial charge on any atom is -0.860 e. The average Bonchev–Trinajstić information content (AvgIpc) is 2.62. The molecule has 2 unspecified atom stereocenters. The molecule has 11 heteroatoms. The largest absolute Gasteiger partial charge is 2.00 e. The number of hydrogen-bond acceptors (Lipinski definition) is 8. The molecule has 184 valence electrons. The summed E-state index contributed by atoms with van der Waals surface area (Å²) in [6.07, 6.45) is 0. The van der Waals surface area contributed by atoms with Crippen LogP contribution < -0.4 is 10.2 Å². The molecule has 1 rings (SSSR count). The van der Waals surface area contributed by atoms with E-state index in [1.165, 1.54) is 0 Å². The molecular weight excluding hydrogens is 451 g/mol. The molecule has 0 spiro atoms. The van der Waals surface area contributed by atoms with Gasteiger partial charge in [0.2, 0.25) is 0 Å². The molecule has 0 saturated carbocycles. The van der Waals surface area contributed by atoms with Crippen molar-refractivity contribution in [1.82, 2.24) is 0 Å². The minimum atomic E-state index is -1.33. The van der Waals surface area contributed by atoms with E-state index in [4.69, 9.17) is 19.7 Å². The van der Waals surface area contributed by atoms with E-state index in [0.29, 0.717) is 0 Å².